The molecule has 2 aromatic rings. The lowest BCUT2D eigenvalue weighted by Gasteiger charge is -2.17. The van der Waals surface area contributed by atoms with E-state index in [0.717, 1.165) is 5.56 Å². The number of hydrogen-bond donors (Lipinski definition) is 1. The molecule has 0 radical (unpaired) electrons. The van der Waals surface area contributed by atoms with Gasteiger partial charge < -0.3 is 10.1 Å². The fourth-order valence-corrected chi connectivity index (χ4v) is 5.41. The Morgan fingerprint density at radius 3 is 2.60 bits per heavy atom. The molecule has 0 aromatic heterocycles. The Kier molecular flexibility index (Phi) is 6.83. The van der Waals surface area contributed by atoms with Gasteiger partial charge in [0.1, 0.15) is 0 Å². The first-order valence-corrected chi connectivity index (χ1v) is 11.9. The molecule has 1 aliphatic rings. The monoisotopic (exact) mass is 451 g/mol. The highest BCUT2D eigenvalue weighted by molar-refractivity contribution is 7.99. The first-order valence-electron chi connectivity index (χ1n) is 9.09. The molecule has 0 bridgehead atoms. The zero-order chi connectivity index (χ0) is 21.7. The maximum atomic E-state index is 12.2. The van der Waals surface area contributed by atoms with E-state index in [1.165, 1.54) is 35.3 Å². The molecule has 1 amide bonds. The molecule has 30 heavy (non-hydrogen) atoms. The second-order valence-corrected chi connectivity index (χ2v) is 9.59. The molecule has 3 rings (SSSR count). The van der Waals surface area contributed by atoms with Gasteiger partial charge in [0.15, 0.2) is 5.75 Å². The van der Waals surface area contributed by atoms with E-state index in [1.54, 1.807) is 30.3 Å². The van der Waals surface area contributed by atoms with E-state index >= 15 is 0 Å². The predicted molar refractivity (Wildman–Crippen MR) is 117 cm³/mol. The van der Waals surface area contributed by atoms with Gasteiger partial charge in [0.25, 0.3) is 0 Å². The summed E-state index contributed by atoms with van der Waals surface area (Å²) in [6.45, 7) is 0.466. The summed E-state index contributed by atoms with van der Waals surface area (Å²) < 4.78 is 30.3. The maximum Gasteiger partial charge on any atom is 0.311 e. The van der Waals surface area contributed by atoms with Gasteiger partial charge in [-0.2, -0.15) is 0 Å². The summed E-state index contributed by atoms with van der Waals surface area (Å²) in [6, 6.07) is 11.4. The SMILES string of the molecule is COc1ccc(CSCC(=O)Nc2ccc(N3CCCS3(=O)=O)cc2)cc1[N+](=O)[O-]. The fraction of sp³-hybridized carbons (Fsp3) is 0.316. The van der Waals surface area contributed by atoms with Crippen molar-refractivity contribution in [2.24, 2.45) is 0 Å². The first kappa shape index (κ1) is 21.9. The second kappa shape index (κ2) is 9.35. The number of nitrogens with zero attached hydrogens (tertiary/aromatic N) is 2. The van der Waals surface area contributed by atoms with Crippen LogP contribution in [0.1, 0.15) is 12.0 Å². The third-order valence-corrected chi connectivity index (χ3v) is 7.35. The Labute approximate surface area is 178 Å². The van der Waals surface area contributed by atoms with Crippen LogP contribution in [-0.4, -0.2) is 44.4 Å². The number of amides is 1. The van der Waals surface area contributed by atoms with Crippen LogP contribution >= 0.6 is 11.8 Å². The van der Waals surface area contributed by atoms with Crippen LogP contribution in [0.15, 0.2) is 42.5 Å². The van der Waals surface area contributed by atoms with Gasteiger partial charge in [0, 0.05) is 24.1 Å². The fourth-order valence-electron chi connectivity index (χ4n) is 3.07. The molecule has 0 saturated carbocycles. The summed E-state index contributed by atoms with van der Waals surface area (Å²) >= 11 is 1.33. The summed E-state index contributed by atoms with van der Waals surface area (Å²) in [5.74, 6) is 0.729. The minimum absolute atomic E-state index is 0.111. The number of thioether (sulfide) groups is 1. The van der Waals surface area contributed by atoms with Crippen LogP contribution in [0.3, 0.4) is 0 Å². The third kappa shape index (κ3) is 5.22. The van der Waals surface area contributed by atoms with Crippen molar-refractivity contribution < 1.29 is 22.9 Å². The highest BCUT2D eigenvalue weighted by atomic mass is 32.2. The largest absolute Gasteiger partial charge is 0.490 e. The smallest absolute Gasteiger partial charge is 0.311 e. The lowest BCUT2D eigenvalue weighted by molar-refractivity contribution is -0.385. The van der Waals surface area contributed by atoms with Crippen molar-refractivity contribution in [3.63, 3.8) is 0 Å². The van der Waals surface area contributed by atoms with Gasteiger partial charge >= 0.3 is 5.69 Å². The molecule has 1 saturated heterocycles. The van der Waals surface area contributed by atoms with Crippen molar-refractivity contribution in [3.05, 3.63) is 58.1 Å². The van der Waals surface area contributed by atoms with Crippen molar-refractivity contribution in [3.8, 4) is 5.75 Å². The Bertz CT molecular complexity index is 1040. The number of nitrogens with one attached hydrogen (secondary N) is 1. The molecule has 9 nitrogen and oxygen atoms in total. The van der Waals surface area contributed by atoms with Gasteiger partial charge in [-0.15, -0.1) is 11.8 Å². The lowest BCUT2D eigenvalue weighted by atomic mass is 10.2. The number of sulfonamides is 1. The molecule has 160 valence electrons. The quantitative estimate of drug-likeness (QED) is 0.484. The standard InChI is InChI=1S/C19H21N3O6S2/c1-28-18-8-3-14(11-17(18)22(24)25)12-29-13-19(23)20-15-4-6-16(7-5-15)21-9-2-10-30(21,26)27/h3-8,11H,2,9-10,12-13H2,1H3,(H,20,23). The minimum atomic E-state index is -3.23. The zero-order valence-corrected chi connectivity index (χ0v) is 17.9. The van der Waals surface area contributed by atoms with Crippen molar-refractivity contribution in [2.45, 2.75) is 12.2 Å². The summed E-state index contributed by atoms with van der Waals surface area (Å²) in [7, 11) is -1.86. The first-order chi connectivity index (χ1) is 14.3. The van der Waals surface area contributed by atoms with E-state index in [9.17, 15) is 23.3 Å². The maximum absolute atomic E-state index is 12.2. The van der Waals surface area contributed by atoms with Gasteiger partial charge in [0.2, 0.25) is 15.9 Å². The van der Waals surface area contributed by atoms with Gasteiger partial charge in [-0.1, -0.05) is 6.07 Å². The number of methoxy groups -OCH3 is 1. The molecule has 1 aliphatic heterocycles. The summed E-state index contributed by atoms with van der Waals surface area (Å²) in [4.78, 5) is 22.7. The zero-order valence-electron chi connectivity index (χ0n) is 16.2. The van der Waals surface area contributed by atoms with Crippen LogP contribution in [0.25, 0.3) is 0 Å². The van der Waals surface area contributed by atoms with Crippen LogP contribution < -0.4 is 14.4 Å². The number of hydrogen-bond acceptors (Lipinski definition) is 7. The Hall–Kier alpha value is -2.79. The minimum Gasteiger partial charge on any atom is -0.490 e. The van der Waals surface area contributed by atoms with Gasteiger partial charge in [-0.3, -0.25) is 19.2 Å². The Morgan fingerprint density at radius 2 is 2.00 bits per heavy atom. The number of benzene rings is 2. The van der Waals surface area contributed by atoms with Crippen molar-refractivity contribution in [1.82, 2.24) is 0 Å². The van der Waals surface area contributed by atoms with Crippen LogP contribution in [0.4, 0.5) is 17.1 Å². The molecule has 0 spiro atoms. The third-order valence-electron chi connectivity index (χ3n) is 4.48. The number of rotatable bonds is 8. The van der Waals surface area contributed by atoms with Gasteiger partial charge in [-0.25, -0.2) is 8.42 Å². The van der Waals surface area contributed by atoms with Crippen molar-refractivity contribution in [2.75, 3.05) is 34.8 Å². The molecule has 1 fully saturated rings. The highest BCUT2D eigenvalue weighted by Gasteiger charge is 2.28. The van der Waals surface area contributed by atoms with E-state index in [0.29, 0.717) is 30.1 Å². The van der Waals surface area contributed by atoms with Crippen molar-refractivity contribution >= 4 is 44.8 Å². The molecule has 0 unspecified atom stereocenters. The number of anilines is 2. The molecule has 1 heterocycles. The number of ether oxygens (including phenoxy) is 1. The molecule has 0 atom stereocenters. The summed E-state index contributed by atoms with van der Waals surface area (Å²) in [6.07, 6.45) is 0.607. The Morgan fingerprint density at radius 1 is 1.27 bits per heavy atom. The van der Waals surface area contributed by atoms with Gasteiger partial charge in [0.05, 0.1) is 29.2 Å². The van der Waals surface area contributed by atoms with E-state index in [1.807, 2.05) is 0 Å². The van der Waals surface area contributed by atoms with E-state index < -0.39 is 14.9 Å². The van der Waals surface area contributed by atoms with E-state index in [2.05, 4.69) is 5.32 Å². The molecule has 1 N–H and O–H groups in total. The summed E-state index contributed by atoms with van der Waals surface area (Å²) in [5, 5.41) is 13.8. The van der Waals surface area contributed by atoms with Crippen LogP contribution in [0.2, 0.25) is 0 Å². The second-order valence-electron chi connectivity index (χ2n) is 6.59. The van der Waals surface area contributed by atoms with E-state index in [-0.39, 0.29) is 28.8 Å². The molecule has 0 aliphatic carbocycles. The molecule has 11 heteroatoms. The Balaban J connectivity index is 1.52. The number of nitro groups is 1. The molecule has 2 aromatic carbocycles. The number of carbonyl (C=O) groups is 1. The number of nitro benzene ring substituents is 1. The summed E-state index contributed by atoms with van der Waals surface area (Å²) in [5.41, 5.74) is 1.76. The predicted octanol–water partition coefficient (Wildman–Crippen LogP) is 3.02. The van der Waals surface area contributed by atoms with Crippen molar-refractivity contribution in [1.29, 1.82) is 0 Å². The molecular weight excluding hydrogens is 430 g/mol. The normalized spacial score (nSPS) is 15.0. The van der Waals surface area contributed by atoms with Gasteiger partial charge in [-0.05, 0) is 42.3 Å². The van der Waals surface area contributed by atoms with Crippen LogP contribution in [-0.2, 0) is 20.6 Å². The number of carbonyl (C=O) groups excluding carboxylic acids is 1. The molecular formula is C19H21N3O6S2. The van der Waals surface area contributed by atoms with Crippen LogP contribution in [0.5, 0.6) is 5.75 Å². The highest BCUT2D eigenvalue weighted by Crippen LogP contribution is 2.29. The average Bonchev–Trinajstić information content (AvgIpc) is 3.07. The average molecular weight is 452 g/mol. The topological polar surface area (TPSA) is 119 Å². The van der Waals surface area contributed by atoms with E-state index in [4.69, 9.17) is 4.74 Å². The van der Waals surface area contributed by atoms with Crippen LogP contribution in [0, 0.1) is 10.1 Å². The lowest BCUT2D eigenvalue weighted by Crippen LogP contribution is -2.25.